The second-order valence-electron chi connectivity index (χ2n) is 10.5. The van der Waals surface area contributed by atoms with Crippen LogP contribution in [0.2, 0.25) is 0 Å². The van der Waals surface area contributed by atoms with Gasteiger partial charge in [0, 0.05) is 29.2 Å². The summed E-state index contributed by atoms with van der Waals surface area (Å²) in [4.78, 5) is 8.63. The third-order valence-corrected chi connectivity index (χ3v) is 7.24. The van der Waals surface area contributed by atoms with Crippen LogP contribution in [0.5, 0.6) is 23.3 Å². The molecule has 0 saturated heterocycles. The Morgan fingerprint density at radius 1 is 0.511 bits per heavy atom. The van der Waals surface area contributed by atoms with E-state index in [1.165, 1.54) is 21.8 Å². The first kappa shape index (κ1) is 34.2. The molecule has 0 saturated carbocycles. The molecule has 0 fully saturated rings. The van der Waals surface area contributed by atoms with Crippen LogP contribution in [0.1, 0.15) is 33.6 Å². The van der Waals surface area contributed by atoms with Crippen molar-refractivity contribution in [3.8, 4) is 34.6 Å². The smallest absolute Gasteiger partial charge is 0.223 e. The normalized spacial score (nSPS) is 11.0. The van der Waals surface area contributed by atoms with Crippen molar-refractivity contribution < 1.29 is 37.2 Å². The minimum Gasteiger partial charge on any atom is -0.506 e. The topological polar surface area (TPSA) is 141 Å². The quantitative estimate of drug-likeness (QED) is 0.137. The van der Waals surface area contributed by atoms with Crippen LogP contribution in [0.4, 0.5) is 11.4 Å². The fraction of sp³-hybridized carbons (Fsp3) is 0.111. The van der Waals surface area contributed by atoms with Crippen molar-refractivity contribution in [3.63, 3.8) is 0 Å². The molecule has 1 radical (unpaired) electrons. The molecule has 47 heavy (non-hydrogen) atoms. The van der Waals surface area contributed by atoms with E-state index in [2.05, 4.69) is 20.2 Å². The summed E-state index contributed by atoms with van der Waals surface area (Å²) >= 11 is 0. The molecule has 0 bridgehead atoms. The van der Waals surface area contributed by atoms with Gasteiger partial charge in [0.1, 0.15) is 22.9 Å². The fourth-order valence-electron chi connectivity index (χ4n) is 4.74. The zero-order chi connectivity index (χ0) is 32.8. The standard InChI is InChI=1S/2C18H17N3O2.Co/c2*1-12-7-6-10-16(22)17(12)19-11-15-13(2)20-21(18(15)23)14-8-4-3-5-9-14;/h2*3-11,22-23H,1-2H3;. The van der Waals surface area contributed by atoms with Gasteiger partial charge in [0.2, 0.25) is 11.8 Å². The molecule has 0 aliphatic rings. The summed E-state index contributed by atoms with van der Waals surface area (Å²) in [5.74, 6) is 0.249. The van der Waals surface area contributed by atoms with Gasteiger partial charge in [-0.2, -0.15) is 10.2 Å². The van der Waals surface area contributed by atoms with Gasteiger partial charge in [0.15, 0.2) is 0 Å². The average Bonchev–Trinajstić information content (AvgIpc) is 3.50. The number of rotatable bonds is 6. The van der Waals surface area contributed by atoms with Crippen LogP contribution in [0.3, 0.4) is 0 Å². The molecule has 10 nitrogen and oxygen atoms in total. The Balaban J connectivity index is 0.000000208. The molecule has 0 unspecified atom stereocenters. The van der Waals surface area contributed by atoms with E-state index in [4.69, 9.17) is 0 Å². The van der Waals surface area contributed by atoms with Gasteiger partial charge in [-0.15, -0.1) is 0 Å². The van der Waals surface area contributed by atoms with Crippen LogP contribution >= 0.6 is 0 Å². The molecule has 6 rings (SSSR count). The van der Waals surface area contributed by atoms with E-state index in [1.807, 2.05) is 86.6 Å². The van der Waals surface area contributed by atoms with Crippen LogP contribution in [0, 0.1) is 27.7 Å². The first-order valence-corrected chi connectivity index (χ1v) is 14.5. The number of nitrogens with zero attached hydrogens (tertiary/aromatic N) is 6. The second kappa shape index (κ2) is 15.1. The van der Waals surface area contributed by atoms with Gasteiger partial charge in [-0.1, -0.05) is 60.7 Å². The number of aryl methyl sites for hydroxylation is 4. The molecule has 241 valence electrons. The minimum absolute atomic E-state index is 0. The fourth-order valence-corrected chi connectivity index (χ4v) is 4.74. The van der Waals surface area contributed by atoms with Gasteiger partial charge in [0.25, 0.3) is 0 Å². The van der Waals surface area contributed by atoms with Crippen LogP contribution in [0.25, 0.3) is 11.4 Å². The molecule has 2 aromatic heterocycles. The number of aromatic nitrogens is 4. The molecule has 0 aliphatic heterocycles. The zero-order valence-corrected chi connectivity index (χ0v) is 27.2. The van der Waals surface area contributed by atoms with E-state index in [9.17, 15) is 20.4 Å². The van der Waals surface area contributed by atoms with Gasteiger partial charge in [-0.3, -0.25) is 9.98 Å². The van der Waals surface area contributed by atoms with Gasteiger partial charge in [-0.25, -0.2) is 9.36 Å². The maximum absolute atomic E-state index is 10.4. The summed E-state index contributed by atoms with van der Waals surface area (Å²) in [5.41, 5.74) is 6.58. The third kappa shape index (κ3) is 7.60. The van der Waals surface area contributed by atoms with E-state index in [0.717, 1.165) is 22.5 Å². The van der Waals surface area contributed by atoms with Crippen molar-refractivity contribution in [1.29, 1.82) is 0 Å². The van der Waals surface area contributed by atoms with Crippen LogP contribution in [-0.2, 0) is 16.8 Å². The summed E-state index contributed by atoms with van der Waals surface area (Å²) in [6, 6.07) is 29.2. The van der Waals surface area contributed by atoms with Crippen molar-refractivity contribution >= 4 is 23.8 Å². The summed E-state index contributed by atoms with van der Waals surface area (Å²) in [6.07, 6.45) is 3.05. The molecule has 0 amide bonds. The number of phenols is 2. The Morgan fingerprint density at radius 2 is 0.872 bits per heavy atom. The summed E-state index contributed by atoms with van der Waals surface area (Å²) in [7, 11) is 0. The number of benzene rings is 4. The van der Waals surface area contributed by atoms with E-state index in [0.29, 0.717) is 33.9 Å². The molecular formula is C36H34CoN6O4. The predicted octanol–water partition coefficient (Wildman–Crippen LogP) is 7.30. The predicted molar refractivity (Wildman–Crippen MR) is 180 cm³/mol. The molecular weight excluding hydrogens is 639 g/mol. The van der Waals surface area contributed by atoms with E-state index < -0.39 is 0 Å². The van der Waals surface area contributed by atoms with Crippen molar-refractivity contribution in [3.05, 3.63) is 131 Å². The SMILES string of the molecule is Cc1cccc(O)c1N=Cc1c(C)nn(-c2ccccc2)c1O.Cc1cccc(O)c1N=Cc1c(C)nn(-c2ccccc2)c1O.[Co]. The summed E-state index contributed by atoms with van der Waals surface area (Å²) in [6.45, 7) is 7.34. The van der Waals surface area contributed by atoms with E-state index in [-0.39, 0.29) is 40.0 Å². The second-order valence-corrected chi connectivity index (χ2v) is 10.5. The maximum Gasteiger partial charge on any atom is 0.223 e. The van der Waals surface area contributed by atoms with Crippen molar-refractivity contribution in [2.45, 2.75) is 27.7 Å². The maximum atomic E-state index is 10.4. The van der Waals surface area contributed by atoms with E-state index in [1.54, 1.807) is 38.1 Å². The number of hydrogen-bond acceptors (Lipinski definition) is 8. The molecule has 0 aliphatic carbocycles. The Hall–Kier alpha value is -5.65. The zero-order valence-electron chi connectivity index (χ0n) is 26.2. The molecule has 0 spiro atoms. The van der Waals surface area contributed by atoms with Crippen molar-refractivity contribution in [2.24, 2.45) is 9.98 Å². The number of aliphatic imine (C=N–C) groups is 2. The van der Waals surface area contributed by atoms with Crippen LogP contribution < -0.4 is 0 Å². The van der Waals surface area contributed by atoms with E-state index >= 15 is 0 Å². The molecule has 0 atom stereocenters. The Bertz CT molecular complexity index is 1850. The first-order valence-electron chi connectivity index (χ1n) is 14.5. The molecule has 6 aromatic rings. The Kier molecular flexibility index (Phi) is 11.0. The Labute approximate surface area is 282 Å². The number of aromatic hydroxyl groups is 4. The summed E-state index contributed by atoms with van der Waals surface area (Å²) < 4.78 is 2.93. The average molecular weight is 674 g/mol. The van der Waals surface area contributed by atoms with Crippen molar-refractivity contribution in [2.75, 3.05) is 0 Å². The Morgan fingerprint density at radius 3 is 1.21 bits per heavy atom. The monoisotopic (exact) mass is 673 g/mol. The van der Waals surface area contributed by atoms with Crippen LogP contribution in [0.15, 0.2) is 107 Å². The van der Waals surface area contributed by atoms with Crippen molar-refractivity contribution in [1.82, 2.24) is 19.6 Å². The van der Waals surface area contributed by atoms with Gasteiger partial charge in [-0.05, 0) is 75.2 Å². The molecule has 2 heterocycles. The van der Waals surface area contributed by atoms with Gasteiger partial charge >= 0.3 is 0 Å². The summed E-state index contributed by atoms with van der Waals surface area (Å²) in [5, 5.41) is 49.3. The molecule has 4 N–H and O–H groups in total. The van der Waals surface area contributed by atoms with Gasteiger partial charge in [0.05, 0.1) is 33.9 Å². The van der Waals surface area contributed by atoms with Crippen LogP contribution in [-0.4, -0.2) is 52.4 Å². The van der Waals surface area contributed by atoms with Gasteiger partial charge < -0.3 is 20.4 Å². The first-order chi connectivity index (χ1) is 22.2. The third-order valence-electron chi connectivity index (χ3n) is 7.24. The number of phenolic OH excluding ortho intramolecular Hbond substituents is 2. The minimum atomic E-state index is 0. The molecule has 4 aromatic carbocycles. The number of para-hydroxylation sites is 4. The molecule has 11 heteroatoms. The number of hydrogen-bond donors (Lipinski definition) is 4. The largest absolute Gasteiger partial charge is 0.506 e.